The molecule has 3 nitrogen and oxygen atoms in total. The zero-order chi connectivity index (χ0) is 11.3. The maximum absolute atomic E-state index is 11.9. The van der Waals surface area contributed by atoms with Crippen molar-refractivity contribution < 1.29 is 4.79 Å². The third-order valence-corrected chi connectivity index (χ3v) is 3.98. The highest BCUT2D eigenvalue weighted by Crippen LogP contribution is 2.23. The minimum absolute atomic E-state index is 0.00634. The molecule has 2 unspecified atom stereocenters. The van der Waals surface area contributed by atoms with Gasteiger partial charge in [0.2, 0.25) is 5.91 Å². The van der Waals surface area contributed by atoms with E-state index in [1.54, 1.807) is 4.90 Å². The second-order valence-corrected chi connectivity index (χ2v) is 5.09. The molecule has 15 heavy (non-hydrogen) atoms. The van der Waals surface area contributed by atoms with Crippen LogP contribution < -0.4 is 0 Å². The molecule has 0 aromatic carbocycles. The van der Waals surface area contributed by atoms with Crippen molar-refractivity contribution in [1.82, 2.24) is 4.90 Å². The van der Waals surface area contributed by atoms with E-state index in [9.17, 15) is 4.79 Å². The van der Waals surface area contributed by atoms with Crippen LogP contribution in [-0.2, 0) is 4.79 Å². The minimum atomic E-state index is -0.439. The summed E-state index contributed by atoms with van der Waals surface area (Å²) in [6.45, 7) is 2.00. The van der Waals surface area contributed by atoms with Crippen molar-refractivity contribution in [3.63, 3.8) is 0 Å². The lowest BCUT2D eigenvalue weighted by atomic mass is 10.0. The molecule has 0 aromatic rings. The number of carbonyl (C=O) groups is 1. The second-order valence-electron chi connectivity index (χ2n) is 3.94. The molecule has 1 fully saturated rings. The van der Waals surface area contributed by atoms with Gasteiger partial charge in [0, 0.05) is 18.8 Å². The molecule has 0 aliphatic carbocycles. The molecule has 1 amide bonds. The van der Waals surface area contributed by atoms with Gasteiger partial charge >= 0.3 is 0 Å². The molecule has 0 aromatic heterocycles. The van der Waals surface area contributed by atoms with Gasteiger partial charge in [0.15, 0.2) is 0 Å². The summed E-state index contributed by atoms with van der Waals surface area (Å²) in [6, 6.07) is 2.45. The van der Waals surface area contributed by atoms with Crippen molar-refractivity contribution in [2.75, 3.05) is 18.6 Å². The molecule has 84 valence electrons. The van der Waals surface area contributed by atoms with Crippen molar-refractivity contribution in [2.45, 2.75) is 32.2 Å². The molecular formula is C11H18N2OS. The summed E-state index contributed by atoms with van der Waals surface area (Å²) in [5.41, 5.74) is 0. The van der Waals surface area contributed by atoms with Crippen molar-refractivity contribution in [3.05, 3.63) is 0 Å². The first-order valence-electron chi connectivity index (χ1n) is 5.44. The van der Waals surface area contributed by atoms with E-state index < -0.39 is 5.92 Å². The third-order valence-electron chi connectivity index (χ3n) is 2.83. The van der Waals surface area contributed by atoms with Crippen LogP contribution in [0.5, 0.6) is 0 Å². The molecular weight excluding hydrogens is 208 g/mol. The average Bonchev–Trinajstić information content (AvgIpc) is 2.77. The number of nitrogens with zero attached hydrogens (tertiary/aromatic N) is 2. The fraction of sp³-hybridized carbons (Fsp3) is 0.818. The SMILES string of the molecule is CCCC(C#N)C(=O)N(C)C1CCSC1. The molecule has 1 aliphatic rings. The van der Waals surface area contributed by atoms with E-state index in [1.165, 1.54) is 0 Å². The Hall–Kier alpha value is -0.690. The van der Waals surface area contributed by atoms with Crippen LogP contribution in [-0.4, -0.2) is 35.4 Å². The number of amides is 1. The molecule has 1 aliphatic heterocycles. The van der Waals surface area contributed by atoms with Gasteiger partial charge in [-0.1, -0.05) is 13.3 Å². The zero-order valence-corrected chi connectivity index (χ0v) is 10.2. The van der Waals surface area contributed by atoms with Crippen LogP contribution in [0.1, 0.15) is 26.2 Å². The van der Waals surface area contributed by atoms with Crippen LogP contribution in [0.4, 0.5) is 0 Å². The highest BCUT2D eigenvalue weighted by molar-refractivity contribution is 7.99. The fourth-order valence-corrected chi connectivity index (χ4v) is 3.05. The Kier molecular flexibility index (Phi) is 4.97. The quantitative estimate of drug-likeness (QED) is 0.735. The summed E-state index contributed by atoms with van der Waals surface area (Å²) in [5.74, 6) is 1.72. The van der Waals surface area contributed by atoms with E-state index in [0.717, 1.165) is 24.3 Å². The summed E-state index contributed by atoms with van der Waals surface area (Å²) in [4.78, 5) is 13.7. The van der Waals surface area contributed by atoms with Crippen LogP contribution in [0.15, 0.2) is 0 Å². The standard InChI is InChI=1S/C11H18N2OS/c1-3-4-9(7-12)11(14)13(2)10-5-6-15-8-10/h9-10H,3-6,8H2,1-2H3. The first kappa shape index (κ1) is 12.4. The third kappa shape index (κ3) is 3.13. The lowest BCUT2D eigenvalue weighted by Crippen LogP contribution is -2.40. The molecule has 0 N–H and O–H groups in total. The Balaban J connectivity index is 2.53. The van der Waals surface area contributed by atoms with E-state index in [1.807, 2.05) is 25.7 Å². The van der Waals surface area contributed by atoms with E-state index in [4.69, 9.17) is 5.26 Å². The number of carbonyl (C=O) groups excluding carboxylic acids is 1. The Labute approximate surface area is 95.8 Å². The van der Waals surface area contributed by atoms with Crippen molar-refractivity contribution in [2.24, 2.45) is 5.92 Å². The molecule has 0 spiro atoms. The van der Waals surface area contributed by atoms with Crippen molar-refractivity contribution in [1.29, 1.82) is 5.26 Å². The Morgan fingerprint density at radius 1 is 1.73 bits per heavy atom. The molecule has 0 bridgehead atoms. The van der Waals surface area contributed by atoms with Gasteiger partial charge in [-0.15, -0.1) is 0 Å². The molecule has 1 rings (SSSR count). The maximum atomic E-state index is 11.9. The van der Waals surface area contributed by atoms with Crippen LogP contribution in [0.3, 0.4) is 0 Å². The first-order valence-corrected chi connectivity index (χ1v) is 6.60. The van der Waals surface area contributed by atoms with E-state index >= 15 is 0 Å². The average molecular weight is 226 g/mol. The first-order chi connectivity index (χ1) is 7.20. The summed E-state index contributed by atoms with van der Waals surface area (Å²) >= 11 is 1.88. The Bertz CT molecular complexity index is 256. The van der Waals surface area contributed by atoms with E-state index in [-0.39, 0.29) is 5.91 Å². The predicted molar refractivity (Wildman–Crippen MR) is 62.5 cm³/mol. The van der Waals surface area contributed by atoms with Crippen molar-refractivity contribution >= 4 is 17.7 Å². The summed E-state index contributed by atoms with van der Waals surface area (Å²) in [5, 5.41) is 8.92. The number of thioether (sulfide) groups is 1. The number of hydrogen-bond donors (Lipinski definition) is 0. The topological polar surface area (TPSA) is 44.1 Å². The van der Waals surface area contributed by atoms with Crippen LogP contribution in [0.25, 0.3) is 0 Å². The molecule has 1 saturated heterocycles. The monoisotopic (exact) mass is 226 g/mol. The Morgan fingerprint density at radius 3 is 2.93 bits per heavy atom. The smallest absolute Gasteiger partial charge is 0.239 e. The fourth-order valence-electron chi connectivity index (χ4n) is 1.79. The normalized spacial score (nSPS) is 22.1. The summed E-state index contributed by atoms with van der Waals surface area (Å²) < 4.78 is 0. The largest absolute Gasteiger partial charge is 0.341 e. The van der Waals surface area contributed by atoms with Crippen LogP contribution in [0, 0.1) is 17.2 Å². The highest BCUT2D eigenvalue weighted by atomic mass is 32.2. The van der Waals surface area contributed by atoms with Crippen molar-refractivity contribution in [3.8, 4) is 6.07 Å². The van der Waals surface area contributed by atoms with Gasteiger partial charge in [0.05, 0.1) is 6.07 Å². The molecule has 4 heteroatoms. The van der Waals surface area contributed by atoms with Gasteiger partial charge in [-0.2, -0.15) is 17.0 Å². The maximum Gasteiger partial charge on any atom is 0.239 e. The number of hydrogen-bond acceptors (Lipinski definition) is 3. The molecule has 1 heterocycles. The van der Waals surface area contributed by atoms with Gasteiger partial charge in [-0.25, -0.2) is 0 Å². The molecule has 0 radical (unpaired) electrons. The predicted octanol–water partition coefficient (Wildman–Crippen LogP) is 1.89. The van der Waals surface area contributed by atoms with Gasteiger partial charge in [0.25, 0.3) is 0 Å². The minimum Gasteiger partial charge on any atom is -0.341 e. The highest BCUT2D eigenvalue weighted by Gasteiger charge is 2.28. The van der Waals surface area contributed by atoms with Gasteiger partial charge in [-0.3, -0.25) is 4.79 Å². The molecule has 2 atom stereocenters. The lowest BCUT2D eigenvalue weighted by molar-refractivity contribution is -0.134. The van der Waals surface area contributed by atoms with Gasteiger partial charge in [-0.05, 0) is 18.6 Å². The van der Waals surface area contributed by atoms with Gasteiger partial charge < -0.3 is 4.90 Å². The summed E-state index contributed by atoms with van der Waals surface area (Å²) in [6.07, 6.45) is 2.63. The van der Waals surface area contributed by atoms with E-state index in [2.05, 4.69) is 6.07 Å². The Morgan fingerprint density at radius 2 is 2.47 bits per heavy atom. The summed E-state index contributed by atoms with van der Waals surface area (Å²) in [7, 11) is 1.83. The van der Waals surface area contributed by atoms with Crippen LogP contribution >= 0.6 is 11.8 Å². The number of nitriles is 1. The second kappa shape index (κ2) is 6.02. The number of rotatable bonds is 4. The van der Waals surface area contributed by atoms with Crippen LogP contribution in [0.2, 0.25) is 0 Å². The van der Waals surface area contributed by atoms with E-state index in [0.29, 0.717) is 12.5 Å². The van der Waals surface area contributed by atoms with Gasteiger partial charge in [0.1, 0.15) is 5.92 Å². The zero-order valence-electron chi connectivity index (χ0n) is 9.40. The molecule has 0 saturated carbocycles. The lowest BCUT2D eigenvalue weighted by Gasteiger charge is -2.25.